The van der Waals surface area contributed by atoms with Gasteiger partial charge in [0.15, 0.2) is 0 Å². The summed E-state index contributed by atoms with van der Waals surface area (Å²) < 4.78 is 13.9. The minimum absolute atomic E-state index is 0.103. The van der Waals surface area contributed by atoms with Gasteiger partial charge in [0.1, 0.15) is 5.82 Å². The van der Waals surface area contributed by atoms with Crippen molar-refractivity contribution in [2.75, 3.05) is 31.5 Å². The Kier molecular flexibility index (Phi) is 3.19. The smallest absolute Gasteiger partial charge is 0.128 e. The first kappa shape index (κ1) is 13.5. The van der Waals surface area contributed by atoms with Gasteiger partial charge in [0, 0.05) is 30.4 Å². The summed E-state index contributed by atoms with van der Waals surface area (Å²) in [5.41, 5.74) is 3.29. The van der Waals surface area contributed by atoms with Crippen LogP contribution in [0.1, 0.15) is 42.9 Å². The van der Waals surface area contributed by atoms with Gasteiger partial charge in [-0.3, -0.25) is 4.90 Å². The minimum atomic E-state index is -0.103. The van der Waals surface area contributed by atoms with Gasteiger partial charge >= 0.3 is 0 Å². The van der Waals surface area contributed by atoms with Gasteiger partial charge in [-0.15, -0.1) is 0 Å². The largest absolute Gasteiger partial charge is 0.383 e. The number of hydrogen-bond donors (Lipinski definition) is 2. The lowest BCUT2D eigenvalue weighted by Gasteiger charge is -2.33. The molecule has 0 amide bonds. The molecule has 0 saturated carbocycles. The third-order valence-corrected chi connectivity index (χ3v) is 5.53. The van der Waals surface area contributed by atoms with E-state index in [1.807, 2.05) is 13.0 Å². The Morgan fingerprint density at radius 2 is 2.05 bits per heavy atom. The Morgan fingerprint density at radius 3 is 2.71 bits per heavy atom. The quantitative estimate of drug-likeness (QED) is 0.837. The molecule has 114 valence electrons. The molecule has 3 heterocycles. The fourth-order valence-electron chi connectivity index (χ4n) is 4.20. The summed E-state index contributed by atoms with van der Waals surface area (Å²) in [4.78, 5) is 2.64. The molecule has 1 aromatic rings. The fraction of sp³-hybridized carbons (Fsp3) is 0.647. The molecule has 3 fully saturated rings. The summed E-state index contributed by atoms with van der Waals surface area (Å²) in [6.07, 6.45) is 5.18. The van der Waals surface area contributed by atoms with Gasteiger partial charge in [0.25, 0.3) is 0 Å². The third kappa shape index (κ3) is 2.34. The number of nitrogens with zero attached hydrogens (tertiary/aromatic N) is 1. The van der Waals surface area contributed by atoms with Crippen molar-refractivity contribution in [3.8, 4) is 0 Å². The predicted molar refractivity (Wildman–Crippen MR) is 83.1 cm³/mol. The first-order valence-electron chi connectivity index (χ1n) is 8.20. The topological polar surface area (TPSA) is 37.2 Å². The second-order valence-electron chi connectivity index (χ2n) is 6.92. The van der Waals surface area contributed by atoms with Crippen LogP contribution in [0.15, 0.2) is 12.1 Å². The van der Waals surface area contributed by atoms with Gasteiger partial charge in [-0.1, -0.05) is 0 Å². The fourth-order valence-corrected chi connectivity index (χ4v) is 4.20. The SMILES string of the molecule is Cc1cc(C2CN2)c(NCC23CCCN2CCC3)cc1F. The first-order valence-corrected chi connectivity index (χ1v) is 8.20. The van der Waals surface area contributed by atoms with Gasteiger partial charge in [-0.05, 0) is 69.0 Å². The zero-order valence-electron chi connectivity index (χ0n) is 12.7. The van der Waals surface area contributed by atoms with Crippen LogP contribution in [0.3, 0.4) is 0 Å². The Morgan fingerprint density at radius 1 is 1.33 bits per heavy atom. The van der Waals surface area contributed by atoms with Gasteiger partial charge in [-0.25, -0.2) is 4.39 Å². The van der Waals surface area contributed by atoms with Crippen LogP contribution in [-0.2, 0) is 0 Å². The minimum Gasteiger partial charge on any atom is -0.383 e. The highest BCUT2D eigenvalue weighted by Gasteiger charge is 2.44. The number of benzene rings is 1. The van der Waals surface area contributed by atoms with Gasteiger partial charge in [-0.2, -0.15) is 0 Å². The molecule has 4 heteroatoms. The molecule has 1 atom stereocenters. The van der Waals surface area contributed by atoms with Gasteiger partial charge < -0.3 is 10.6 Å². The molecule has 0 radical (unpaired) electrons. The van der Waals surface area contributed by atoms with E-state index in [4.69, 9.17) is 0 Å². The van der Waals surface area contributed by atoms with E-state index in [1.165, 1.54) is 44.3 Å². The van der Waals surface area contributed by atoms with E-state index in [2.05, 4.69) is 15.5 Å². The molecule has 0 aromatic heterocycles. The molecule has 0 spiro atoms. The first-order chi connectivity index (χ1) is 10.2. The maximum Gasteiger partial charge on any atom is 0.128 e. The highest BCUT2D eigenvalue weighted by molar-refractivity contribution is 5.56. The van der Waals surface area contributed by atoms with Crippen molar-refractivity contribution in [2.24, 2.45) is 0 Å². The van der Waals surface area contributed by atoms with Crippen molar-refractivity contribution in [1.82, 2.24) is 10.2 Å². The lowest BCUT2D eigenvalue weighted by atomic mass is 9.93. The number of halogens is 1. The van der Waals surface area contributed by atoms with Gasteiger partial charge in [0.2, 0.25) is 0 Å². The summed E-state index contributed by atoms with van der Waals surface area (Å²) in [5, 5.41) is 6.92. The number of hydrogen-bond acceptors (Lipinski definition) is 3. The molecule has 3 nitrogen and oxygen atoms in total. The standard InChI is InChI=1S/C17H24FN3/c1-12-8-13(16-10-19-16)15(9-14(12)18)20-11-17-4-2-6-21(17)7-3-5-17/h8-9,16,19-20H,2-7,10-11H2,1H3. The molecular weight excluding hydrogens is 265 g/mol. The molecule has 3 aliphatic heterocycles. The molecule has 21 heavy (non-hydrogen) atoms. The summed E-state index contributed by atoms with van der Waals surface area (Å²) in [5.74, 6) is -0.103. The van der Waals surface area contributed by atoms with E-state index < -0.39 is 0 Å². The average molecular weight is 289 g/mol. The lowest BCUT2D eigenvalue weighted by molar-refractivity contribution is 0.209. The predicted octanol–water partition coefficient (Wildman–Crippen LogP) is 2.82. The molecule has 2 N–H and O–H groups in total. The molecule has 1 aromatic carbocycles. The van der Waals surface area contributed by atoms with Crippen LogP contribution in [-0.4, -0.2) is 36.6 Å². The average Bonchev–Trinajstić information content (AvgIpc) is 3.11. The maximum absolute atomic E-state index is 13.9. The van der Waals surface area contributed by atoms with Crippen molar-refractivity contribution in [3.05, 3.63) is 29.1 Å². The Balaban J connectivity index is 1.55. The Labute approximate surface area is 125 Å². The number of anilines is 1. The van der Waals surface area contributed by atoms with Crippen LogP contribution in [0.4, 0.5) is 10.1 Å². The van der Waals surface area contributed by atoms with Crippen LogP contribution < -0.4 is 10.6 Å². The molecule has 3 aliphatic rings. The van der Waals surface area contributed by atoms with Crippen LogP contribution in [0.2, 0.25) is 0 Å². The van der Waals surface area contributed by atoms with Crippen molar-refractivity contribution in [1.29, 1.82) is 0 Å². The van der Waals surface area contributed by atoms with Crippen molar-refractivity contribution in [2.45, 2.75) is 44.2 Å². The summed E-state index contributed by atoms with van der Waals surface area (Å²) in [6, 6.07) is 4.10. The molecule has 3 saturated heterocycles. The van der Waals surface area contributed by atoms with E-state index in [9.17, 15) is 4.39 Å². The zero-order chi connectivity index (χ0) is 14.4. The van der Waals surface area contributed by atoms with Crippen molar-refractivity contribution >= 4 is 5.69 Å². The van der Waals surface area contributed by atoms with Crippen LogP contribution in [0.25, 0.3) is 0 Å². The molecule has 4 rings (SSSR count). The summed E-state index contributed by atoms with van der Waals surface area (Å²) in [7, 11) is 0. The van der Waals surface area contributed by atoms with Crippen molar-refractivity contribution in [3.63, 3.8) is 0 Å². The van der Waals surface area contributed by atoms with Crippen LogP contribution in [0, 0.1) is 12.7 Å². The number of fused-ring (bicyclic) bond motifs is 1. The lowest BCUT2D eigenvalue weighted by Crippen LogP contribution is -2.44. The summed E-state index contributed by atoms with van der Waals surface area (Å²) in [6.45, 7) is 6.29. The normalized spacial score (nSPS) is 26.9. The maximum atomic E-state index is 13.9. The van der Waals surface area contributed by atoms with E-state index in [1.54, 1.807) is 6.07 Å². The number of aryl methyl sites for hydroxylation is 1. The molecule has 0 aliphatic carbocycles. The van der Waals surface area contributed by atoms with E-state index in [0.29, 0.717) is 11.6 Å². The third-order valence-electron chi connectivity index (χ3n) is 5.53. The van der Waals surface area contributed by atoms with E-state index >= 15 is 0 Å². The molecular formula is C17H24FN3. The monoisotopic (exact) mass is 289 g/mol. The van der Waals surface area contributed by atoms with Crippen molar-refractivity contribution < 1.29 is 4.39 Å². The highest BCUT2D eigenvalue weighted by Crippen LogP contribution is 2.39. The molecule has 0 bridgehead atoms. The van der Waals surface area contributed by atoms with E-state index in [-0.39, 0.29) is 5.82 Å². The number of nitrogens with one attached hydrogen (secondary N) is 2. The zero-order valence-corrected chi connectivity index (χ0v) is 12.7. The summed E-state index contributed by atoms with van der Waals surface area (Å²) >= 11 is 0. The van der Waals surface area contributed by atoms with E-state index in [0.717, 1.165) is 24.3 Å². The Hall–Kier alpha value is -1.13. The Bertz CT molecular complexity index is 543. The highest BCUT2D eigenvalue weighted by atomic mass is 19.1. The molecule has 1 unspecified atom stereocenters. The van der Waals surface area contributed by atoms with Crippen LogP contribution in [0.5, 0.6) is 0 Å². The number of rotatable bonds is 4. The van der Waals surface area contributed by atoms with Gasteiger partial charge in [0.05, 0.1) is 0 Å². The van der Waals surface area contributed by atoms with Crippen LogP contribution >= 0.6 is 0 Å². The second kappa shape index (κ2) is 4.96. The second-order valence-corrected chi connectivity index (χ2v) is 6.92.